The van der Waals surface area contributed by atoms with E-state index >= 15 is 0 Å². The Morgan fingerprint density at radius 3 is 0.900 bits per heavy atom. The highest BCUT2D eigenvalue weighted by Crippen LogP contribution is 2.41. The first-order chi connectivity index (χ1) is 41.9. The molecule has 474 valence electrons. The van der Waals surface area contributed by atoms with E-state index in [9.17, 15) is 0 Å². The highest BCUT2D eigenvalue weighted by molar-refractivity contribution is 5.85. The summed E-state index contributed by atoms with van der Waals surface area (Å²) in [6.07, 6.45) is 29.5. The number of nitrogens with two attached hydrogens (primary N) is 5. The monoisotopic (exact) mass is 1220 g/mol. The summed E-state index contributed by atoms with van der Waals surface area (Å²) in [6.45, 7) is 40.8. The van der Waals surface area contributed by atoms with Crippen LogP contribution in [-0.2, 0) is 13.1 Å². The van der Waals surface area contributed by atoms with Gasteiger partial charge in [0.2, 0.25) is 17.5 Å². The number of rotatable bonds is 7. The van der Waals surface area contributed by atoms with Crippen LogP contribution in [0.5, 0.6) is 0 Å². The lowest BCUT2D eigenvalue weighted by Gasteiger charge is -2.28. The molecule has 3 atom stereocenters. The first-order valence-electron chi connectivity index (χ1n) is 30.3. The van der Waals surface area contributed by atoms with E-state index < -0.39 is 0 Å². The predicted octanol–water partition coefficient (Wildman–Crippen LogP) is 10.7. The van der Waals surface area contributed by atoms with Gasteiger partial charge < -0.3 is 51.5 Å². The summed E-state index contributed by atoms with van der Waals surface area (Å²) in [5.74, 6) is 12.9. The van der Waals surface area contributed by atoms with Crippen LogP contribution in [0.25, 0.3) is 55.8 Å². The van der Waals surface area contributed by atoms with Gasteiger partial charge in [0.05, 0.1) is 31.6 Å². The third-order valence-electron chi connectivity index (χ3n) is 15.9. The molecule has 90 heavy (non-hydrogen) atoms. The Labute approximate surface area is 527 Å². The summed E-state index contributed by atoms with van der Waals surface area (Å²) >= 11 is 0. The third kappa shape index (κ3) is 15.3. The summed E-state index contributed by atoms with van der Waals surface area (Å²) in [4.78, 5) is 64.5. The Morgan fingerprint density at radius 1 is 0.378 bits per heavy atom. The molecule has 10 heterocycles. The standard InChI is InChI=1S/C14H21N5.C13H19N5.2C13H17N5.C12H15N5/c1-8(14(2,3)4)19-7-16-10-11(15)17-12(9-5-6-9)18-13(10)19;1-13(2,3)6-18-7-15-9-10(14)16-11(8-4-5-8)17-12(9)18;2*1-6-9-16-11(14)10-12(17-9)18(7-15-10)8(2)13(3,4)5;1-5-8-15-10(13)9-11(16-8)17(7-14-9)6-12(2,3)4/h7-9H,5-6H2,1-4H3,(H2,15,17,18);7-8H,4-6H2,1-3H3,(H2,14,16,17);2*1,7-8H,2-5H3,(H2,14,16,17);1,7H,6H2,2-4H3,(H2,13,15,16)/t8-;;2*8-;/m0.10./s1. The molecule has 2 aliphatic rings. The van der Waals surface area contributed by atoms with Crippen molar-refractivity contribution in [3.63, 3.8) is 0 Å². The van der Waals surface area contributed by atoms with Crippen LogP contribution in [0.1, 0.15) is 209 Å². The van der Waals surface area contributed by atoms with E-state index in [0.717, 1.165) is 47.1 Å². The van der Waals surface area contributed by atoms with E-state index in [1.807, 2.05) is 26.4 Å². The number of hydrogen-bond donors (Lipinski definition) is 5. The Bertz CT molecular complexity index is 4240. The van der Waals surface area contributed by atoms with Crippen LogP contribution in [0.15, 0.2) is 31.6 Å². The number of fused-ring (bicyclic) bond motifs is 5. The second kappa shape index (κ2) is 25.1. The van der Waals surface area contributed by atoms with Crippen molar-refractivity contribution in [2.24, 2.45) is 27.1 Å². The zero-order valence-corrected chi connectivity index (χ0v) is 55.6. The first kappa shape index (κ1) is 66.4. The smallest absolute Gasteiger partial charge is 0.208 e. The van der Waals surface area contributed by atoms with Crippen molar-refractivity contribution in [1.82, 2.24) is 97.6 Å². The molecule has 0 saturated heterocycles. The Balaban J connectivity index is 0.000000145. The largest absolute Gasteiger partial charge is 0.382 e. The van der Waals surface area contributed by atoms with E-state index in [1.165, 1.54) is 25.7 Å². The lowest BCUT2D eigenvalue weighted by molar-refractivity contribution is 0.266. The molecule has 10 aromatic heterocycles. The molecule has 12 rings (SSSR count). The molecule has 0 unspecified atom stereocenters. The van der Waals surface area contributed by atoms with E-state index in [-0.39, 0.29) is 39.2 Å². The molecule has 0 spiro atoms. The molecule has 10 aromatic rings. The Kier molecular flexibility index (Phi) is 18.5. The maximum absolute atomic E-state index is 6.02. The van der Waals surface area contributed by atoms with Crippen LogP contribution >= 0.6 is 0 Å². The number of hydrogen-bond acceptors (Lipinski definition) is 20. The van der Waals surface area contributed by atoms with Gasteiger partial charge in [-0.25, -0.2) is 74.8 Å². The maximum atomic E-state index is 6.02. The van der Waals surface area contributed by atoms with Gasteiger partial charge in [0.25, 0.3) is 0 Å². The zero-order chi connectivity index (χ0) is 66.3. The highest BCUT2D eigenvalue weighted by Gasteiger charge is 2.32. The summed E-state index contributed by atoms with van der Waals surface area (Å²) in [6, 6.07) is 0.753. The average Bonchev–Trinajstić information content (AvgIpc) is 1.66. The molecule has 0 amide bonds. The second-order valence-corrected chi connectivity index (χ2v) is 29.0. The summed E-state index contributed by atoms with van der Waals surface area (Å²) in [5, 5.41) is 0. The average molecular weight is 1220 g/mol. The van der Waals surface area contributed by atoms with Crippen LogP contribution in [0.4, 0.5) is 29.1 Å². The van der Waals surface area contributed by atoms with Gasteiger partial charge in [-0.15, -0.1) is 19.3 Å². The van der Waals surface area contributed by atoms with Crippen LogP contribution in [0, 0.1) is 64.1 Å². The number of anilines is 5. The van der Waals surface area contributed by atoms with Crippen molar-refractivity contribution < 1.29 is 0 Å². The molecule has 0 aromatic carbocycles. The van der Waals surface area contributed by atoms with E-state index in [4.69, 9.17) is 52.9 Å². The van der Waals surface area contributed by atoms with Gasteiger partial charge in [-0.2, -0.15) is 0 Å². The van der Waals surface area contributed by atoms with Crippen LogP contribution in [0.2, 0.25) is 0 Å². The van der Waals surface area contributed by atoms with Gasteiger partial charge >= 0.3 is 0 Å². The van der Waals surface area contributed by atoms with Crippen molar-refractivity contribution in [3.8, 4) is 37.0 Å². The quantitative estimate of drug-likeness (QED) is 0.0926. The molecule has 0 bridgehead atoms. The molecular weight excluding hydrogens is 1130 g/mol. The number of terminal acetylenes is 3. The highest BCUT2D eigenvalue weighted by atomic mass is 15.2. The van der Waals surface area contributed by atoms with Gasteiger partial charge in [-0.05, 0) is 91.3 Å². The molecule has 25 heteroatoms. The molecule has 0 aliphatic heterocycles. The van der Waals surface area contributed by atoms with E-state index in [2.05, 4.69) is 221 Å². The SMILES string of the molecule is C#Cc1nc(N)c2ncn(CC(C)(C)C)c2n1.C#Cc1nc(N)c2ncn([C@@H](C)C(C)(C)C)c2n1.C#Cc1nc(N)c2ncn([C@H](C)C(C)(C)C)c2n1.CC(C)(C)Cn1cnc2c(N)nc(C3CC3)nc21.C[C@H](n1cnc2c(N)nc(C3CC3)nc21)C(C)(C)C. The van der Waals surface area contributed by atoms with Crippen molar-refractivity contribution >= 4 is 84.9 Å². The minimum absolute atomic E-state index is 0.0870. The third-order valence-corrected chi connectivity index (χ3v) is 15.9. The molecular formula is C65H89N25. The summed E-state index contributed by atoms with van der Waals surface area (Å²) in [5.41, 5.74) is 37.2. The van der Waals surface area contributed by atoms with Gasteiger partial charge in [0.1, 0.15) is 39.2 Å². The lowest BCUT2D eigenvalue weighted by Crippen LogP contribution is -2.21. The van der Waals surface area contributed by atoms with Gasteiger partial charge in [0, 0.05) is 43.1 Å². The van der Waals surface area contributed by atoms with E-state index in [0.29, 0.717) is 97.9 Å². The lowest BCUT2D eigenvalue weighted by atomic mass is 9.88. The minimum Gasteiger partial charge on any atom is -0.382 e. The van der Waals surface area contributed by atoms with Crippen molar-refractivity contribution in [1.29, 1.82) is 0 Å². The maximum Gasteiger partial charge on any atom is 0.208 e. The van der Waals surface area contributed by atoms with Gasteiger partial charge in [-0.1, -0.05) is 104 Å². The fraction of sp³-hybridized carbons (Fsp3) is 0.523. The number of nitrogen functional groups attached to an aromatic ring is 5. The molecule has 0 radical (unpaired) electrons. The van der Waals surface area contributed by atoms with Crippen molar-refractivity contribution in [2.75, 3.05) is 28.7 Å². The number of aromatic nitrogens is 20. The number of nitrogens with zero attached hydrogens (tertiary/aromatic N) is 20. The first-order valence-corrected chi connectivity index (χ1v) is 30.3. The molecule has 10 N–H and O–H groups in total. The minimum atomic E-state index is 0.0870. The van der Waals surface area contributed by atoms with Crippen LogP contribution < -0.4 is 28.7 Å². The summed E-state index contributed by atoms with van der Waals surface area (Å²) in [7, 11) is 0. The fourth-order valence-electron chi connectivity index (χ4n) is 9.38. The van der Waals surface area contributed by atoms with Gasteiger partial charge in [0.15, 0.2) is 57.3 Å². The molecule has 2 saturated carbocycles. The van der Waals surface area contributed by atoms with E-state index in [1.54, 1.807) is 19.0 Å². The van der Waals surface area contributed by atoms with Crippen LogP contribution in [0.3, 0.4) is 0 Å². The molecule has 2 fully saturated rings. The van der Waals surface area contributed by atoms with Crippen molar-refractivity contribution in [2.45, 2.75) is 193 Å². The molecule has 25 nitrogen and oxygen atoms in total. The normalized spacial score (nSPS) is 14.7. The number of imidazole rings is 5. The Morgan fingerprint density at radius 2 is 0.622 bits per heavy atom. The predicted molar refractivity (Wildman–Crippen MR) is 358 cm³/mol. The van der Waals surface area contributed by atoms with Gasteiger partial charge in [-0.3, -0.25) is 0 Å². The zero-order valence-electron chi connectivity index (χ0n) is 55.6. The topological polar surface area (TPSA) is 348 Å². The molecule has 2 aliphatic carbocycles. The van der Waals surface area contributed by atoms with Crippen molar-refractivity contribution in [3.05, 3.63) is 60.8 Å². The Hall–Kier alpha value is -9.57. The van der Waals surface area contributed by atoms with Crippen LogP contribution in [-0.4, -0.2) is 97.6 Å². The summed E-state index contributed by atoms with van der Waals surface area (Å²) < 4.78 is 10.1. The fourth-order valence-corrected chi connectivity index (χ4v) is 9.38. The second-order valence-electron chi connectivity index (χ2n) is 29.0.